The highest BCUT2D eigenvalue weighted by Crippen LogP contribution is 2.30. The van der Waals surface area contributed by atoms with Crippen molar-refractivity contribution in [2.75, 3.05) is 13.7 Å². The van der Waals surface area contributed by atoms with Crippen molar-refractivity contribution in [1.29, 1.82) is 0 Å². The van der Waals surface area contributed by atoms with Gasteiger partial charge in [0.1, 0.15) is 5.75 Å². The summed E-state index contributed by atoms with van der Waals surface area (Å²) in [6.45, 7) is -0.337. The normalized spacial score (nSPS) is 10.6. The van der Waals surface area contributed by atoms with Crippen LogP contribution >= 0.6 is 11.6 Å². The summed E-state index contributed by atoms with van der Waals surface area (Å²) in [5, 5.41) is 22.7. The van der Waals surface area contributed by atoms with Gasteiger partial charge in [0, 0.05) is 11.1 Å². The molecule has 0 aromatic heterocycles. The van der Waals surface area contributed by atoms with Crippen molar-refractivity contribution in [3.8, 4) is 17.2 Å². The lowest BCUT2D eigenvalue weighted by Crippen LogP contribution is -2.18. The van der Waals surface area contributed by atoms with Gasteiger partial charge in [-0.25, -0.2) is 4.79 Å². The molecule has 0 radical (unpaired) electrons. The molecule has 174 valence electrons. The molecule has 0 spiro atoms. The minimum Gasteiger partial charge on any atom is -0.493 e. The van der Waals surface area contributed by atoms with E-state index in [-0.39, 0.29) is 29.4 Å². The van der Waals surface area contributed by atoms with Gasteiger partial charge in [-0.15, -0.1) is 0 Å². The highest BCUT2D eigenvalue weighted by atomic mass is 35.5. The van der Waals surface area contributed by atoms with E-state index < -0.39 is 21.5 Å². The highest BCUT2D eigenvalue weighted by Gasteiger charge is 2.18. The summed E-state index contributed by atoms with van der Waals surface area (Å²) in [6, 6.07) is 14.5. The quantitative estimate of drug-likeness (QED) is 0.131. The Morgan fingerprint density at radius 2 is 1.68 bits per heavy atom. The summed E-state index contributed by atoms with van der Waals surface area (Å²) < 4.78 is 15.9. The van der Waals surface area contributed by atoms with Gasteiger partial charge in [0.2, 0.25) is 0 Å². The first-order valence-electron chi connectivity index (χ1n) is 9.65. The Morgan fingerprint density at radius 3 is 2.32 bits per heavy atom. The molecule has 0 saturated carbocycles. The SMILES string of the molecule is COc1cc(C=Cc2ccc([N+](=O)[O-])cc2[N+](=O)[O-])ccc1OC(=O)COc1ccc(Cl)cc1. The van der Waals surface area contributed by atoms with E-state index in [2.05, 4.69) is 0 Å². The smallest absolute Gasteiger partial charge is 0.349 e. The Hall–Kier alpha value is -4.44. The predicted molar refractivity (Wildman–Crippen MR) is 124 cm³/mol. The molecule has 0 aliphatic heterocycles. The van der Waals surface area contributed by atoms with E-state index in [0.29, 0.717) is 16.3 Å². The Kier molecular flexibility index (Phi) is 7.78. The van der Waals surface area contributed by atoms with Crippen LogP contribution < -0.4 is 14.2 Å². The van der Waals surface area contributed by atoms with Gasteiger partial charge < -0.3 is 14.2 Å². The topological polar surface area (TPSA) is 131 Å². The van der Waals surface area contributed by atoms with Crippen LogP contribution in [0, 0.1) is 20.2 Å². The lowest BCUT2D eigenvalue weighted by atomic mass is 10.1. The van der Waals surface area contributed by atoms with Gasteiger partial charge in [-0.2, -0.15) is 0 Å². The fourth-order valence-electron chi connectivity index (χ4n) is 2.83. The molecule has 0 fully saturated rings. The van der Waals surface area contributed by atoms with Crippen molar-refractivity contribution >= 4 is 41.1 Å². The largest absolute Gasteiger partial charge is 0.493 e. The van der Waals surface area contributed by atoms with Crippen LogP contribution in [0.25, 0.3) is 12.2 Å². The van der Waals surface area contributed by atoms with E-state index in [0.717, 1.165) is 6.07 Å². The van der Waals surface area contributed by atoms with Crippen LogP contribution in [0.4, 0.5) is 11.4 Å². The molecule has 0 unspecified atom stereocenters. The van der Waals surface area contributed by atoms with Gasteiger partial charge in [-0.05, 0) is 54.1 Å². The summed E-state index contributed by atoms with van der Waals surface area (Å²) in [4.78, 5) is 32.9. The Morgan fingerprint density at radius 1 is 0.941 bits per heavy atom. The van der Waals surface area contributed by atoms with Gasteiger partial charge in [0.25, 0.3) is 11.4 Å². The molecule has 0 amide bonds. The van der Waals surface area contributed by atoms with Crippen molar-refractivity contribution in [2.45, 2.75) is 0 Å². The van der Waals surface area contributed by atoms with E-state index in [1.165, 1.54) is 31.4 Å². The minimum atomic E-state index is -0.703. The third-order valence-corrected chi connectivity index (χ3v) is 4.71. The number of ether oxygens (including phenoxy) is 3. The van der Waals surface area contributed by atoms with Crippen molar-refractivity contribution < 1.29 is 28.9 Å². The van der Waals surface area contributed by atoms with Crippen LogP contribution in [0.1, 0.15) is 11.1 Å². The molecule has 3 rings (SSSR count). The molecule has 3 aromatic rings. The van der Waals surface area contributed by atoms with E-state index in [1.54, 1.807) is 42.5 Å². The summed E-state index contributed by atoms with van der Waals surface area (Å²) in [6.07, 6.45) is 3.01. The number of benzene rings is 3. The van der Waals surface area contributed by atoms with Gasteiger partial charge >= 0.3 is 5.97 Å². The number of esters is 1. The first kappa shape index (κ1) is 24.2. The first-order chi connectivity index (χ1) is 16.3. The van der Waals surface area contributed by atoms with Gasteiger partial charge in [-0.3, -0.25) is 20.2 Å². The maximum atomic E-state index is 12.1. The number of carbonyl (C=O) groups excluding carboxylic acids is 1. The third kappa shape index (κ3) is 6.30. The number of halogens is 1. The zero-order valence-electron chi connectivity index (χ0n) is 17.7. The molecular formula is C23H17ClN2O8. The van der Waals surface area contributed by atoms with Crippen LogP contribution in [0.2, 0.25) is 5.02 Å². The lowest BCUT2D eigenvalue weighted by Gasteiger charge is -2.11. The minimum absolute atomic E-state index is 0.158. The summed E-state index contributed by atoms with van der Waals surface area (Å²) >= 11 is 5.80. The molecular weight excluding hydrogens is 468 g/mol. The van der Waals surface area contributed by atoms with Gasteiger partial charge in [0.15, 0.2) is 18.1 Å². The predicted octanol–water partition coefficient (Wildman–Crippen LogP) is 5.32. The molecule has 0 N–H and O–H groups in total. The maximum Gasteiger partial charge on any atom is 0.349 e. The number of hydrogen-bond donors (Lipinski definition) is 0. The van der Waals surface area contributed by atoms with Crippen molar-refractivity contribution in [3.05, 3.63) is 97.0 Å². The van der Waals surface area contributed by atoms with Crippen molar-refractivity contribution in [2.24, 2.45) is 0 Å². The van der Waals surface area contributed by atoms with E-state index in [4.69, 9.17) is 25.8 Å². The van der Waals surface area contributed by atoms with Gasteiger partial charge in [-0.1, -0.05) is 23.7 Å². The number of hydrogen-bond acceptors (Lipinski definition) is 8. The number of nitro groups is 2. The van der Waals surface area contributed by atoms with E-state index in [9.17, 15) is 25.0 Å². The van der Waals surface area contributed by atoms with Gasteiger partial charge in [0.05, 0.1) is 28.6 Å². The molecule has 0 aliphatic carbocycles. The third-order valence-electron chi connectivity index (χ3n) is 4.46. The van der Waals surface area contributed by atoms with E-state index in [1.807, 2.05) is 0 Å². The molecule has 10 nitrogen and oxygen atoms in total. The second-order valence-electron chi connectivity index (χ2n) is 6.72. The summed E-state index contributed by atoms with van der Waals surface area (Å²) in [5.74, 6) is 0.207. The number of non-ortho nitro benzene ring substituents is 1. The number of methoxy groups -OCH3 is 1. The molecule has 34 heavy (non-hydrogen) atoms. The molecule has 3 aromatic carbocycles. The highest BCUT2D eigenvalue weighted by molar-refractivity contribution is 6.30. The molecule has 11 heteroatoms. The number of nitrogens with zero attached hydrogens (tertiary/aromatic N) is 2. The first-order valence-corrected chi connectivity index (χ1v) is 10.0. The van der Waals surface area contributed by atoms with Crippen molar-refractivity contribution in [1.82, 2.24) is 0 Å². The number of carbonyl (C=O) groups is 1. The monoisotopic (exact) mass is 484 g/mol. The van der Waals surface area contributed by atoms with Crippen LogP contribution in [0.15, 0.2) is 60.7 Å². The molecule has 0 bridgehead atoms. The molecule has 0 heterocycles. The van der Waals surface area contributed by atoms with Crippen LogP contribution in [-0.4, -0.2) is 29.5 Å². The molecule has 0 saturated heterocycles. The number of rotatable bonds is 9. The number of nitro benzene ring substituents is 2. The summed E-state index contributed by atoms with van der Waals surface area (Å²) in [7, 11) is 1.39. The second kappa shape index (κ2) is 10.9. The standard InChI is InChI=1S/C23H17ClN2O8/c1-32-22-12-15(2-4-16-5-8-18(25(28)29)13-20(16)26(30)31)3-11-21(22)34-23(27)14-33-19-9-6-17(24)7-10-19/h2-13H,14H2,1H3. The maximum absolute atomic E-state index is 12.1. The van der Waals surface area contributed by atoms with Crippen LogP contribution in [0.5, 0.6) is 17.2 Å². The molecule has 0 aliphatic rings. The zero-order chi connectivity index (χ0) is 24.7. The Labute approximate surface area is 198 Å². The summed E-state index contributed by atoms with van der Waals surface area (Å²) in [5.41, 5.74) is -0.00786. The van der Waals surface area contributed by atoms with E-state index >= 15 is 0 Å². The van der Waals surface area contributed by atoms with Crippen LogP contribution in [-0.2, 0) is 4.79 Å². The molecule has 0 atom stereocenters. The zero-order valence-corrected chi connectivity index (χ0v) is 18.4. The Balaban J connectivity index is 1.71. The average molecular weight is 485 g/mol. The average Bonchev–Trinajstić information content (AvgIpc) is 2.82. The lowest BCUT2D eigenvalue weighted by molar-refractivity contribution is -0.394. The second-order valence-corrected chi connectivity index (χ2v) is 7.15. The Bertz CT molecular complexity index is 1260. The fourth-order valence-corrected chi connectivity index (χ4v) is 2.95. The van der Waals surface area contributed by atoms with Crippen molar-refractivity contribution in [3.63, 3.8) is 0 Å². The fraction of sp³-hybridized carbons (Fsp3) is 0.0870. The van der Waals surface area contributed by atoms with Crippen LogP contribution in [0.3, 0.4) is 0 Å².